The number of hydrogen-bond acceptors (Lipinski definition) is 4. The minimum atomic E-state index is -0.910. The highest BCUT2D eigenvalue weighted by Gasteiger charge is 2.22. The van der Waals surface area contributed by atoms with Gasteiger partial charge in [0, 0.05) is 35.6 Å². The largest absolute Gasteiger partial charge is 0.481 e. The van der Waals surface area contributed by atoms with Crippen molar-refractivity contribution in [3.63, 3.8) is 0 Å². The van der Waals surface area contributed by atoms with E-state index in [1.807, 2.05) is 0 Å². The smallest absolute Gasteiger partial charge is 0.303 e. The molecule has 0 aliphatic rings. The Balaban J connectivity index is 2.05. The molecule has 0 fully saturated rings. The molecule has 7 heteroatoms. The van der Waals surface area contributed by atoms with Crippen molar-refractivity contribution in [2.75, 3.05) is 5.32 Å². The van der Waals surface area contributed by atoms with E-state index >= 15 is 0 Å². The molecule has 0 saturated carbocycles. The average Bonchev–Trinajstić information content (AvgIpc) is 2.61. The highest BCUT2D eigenvalue weighted by molar-refractivity contribution is 6.05. The molecule has 0 aliphatic carbocycles. The summed E-state index contributed by atoms with van der Waals surface area (Å²) < 4.78 is 0. The summed E-state index contributed by atoms with van der Waals surface area (Å²) in [5.41, 5.74) is 0.606. The lowest BCUT2D eigenvalue weighted by atomic mass is 9.97. The summed E-state index contributed by atoms with van der Waals surface area (Å²) in [4.78, 5) is 39.2. The van der Waals surface area contributed by atoms with E-state index in [0.717, 1.165) is 0 Å². The van der Waals surface area contributed by atoms with E-state index in [1.165, 1.54) is 6.20 Å². The predicted octanol–water partition coefficient (Wildman–Crippen LogP) is 2.71. The molecular weight excluding hydrogens is 334 g/mol. The Bertz CT molecular complexity index is 803. The molecule has 1 aromatic heterocycles. The molecule has 2 rings (SSSR count). The molecule has 3 N–H and O–H groups in total. The number of benzene rings is 1. The average molecular weight is 355 g/mol. The third kappa shape index (κ3) is 5.70. The fraction of sp³-hybridized carbons (Fsp3) is 0.263. The summed E-state index contributed by atoms with van der Waals surface area (Å²) in [7, 11) is 0. The van der Waals surface area contributed by atoms with Gasteiger partial charge in [0.15, 0.2) is 0 Å². The van der Waals surface area contributed by atoms with Crippen molar-refractivity contribution < 1.29 is 19.5 Å². The molecule has 7 nitrogen and oxygen atoms in total. The normalized spacial score (nSPS) is 10.8. The second-order valence-corrected chi connectivity index (χ2v) is 6.51. The van der Waals surface area contributed by atoms with Crippen molar-refractivity contribution in [2.45, 2.75) is 32.2 Å². The molecule has 2 aromatic rings. The Morgan fingerprint density at radius 2 is 1.81 bits per heavy atom. The first-order valence-corrected chi connectivity index (χ1v) is 8.12. The predicted molar refractivity (Wildman–Crippen MR) is 97.0 cm³/mol. The van der Waals surface area contributed by atoms with Crippen LogP contribution in [0.5, 0.6) is 0 Å². The van der Waals surface area contributed by atoms with Gasteiger partial charge in [0.05, 0.1) is 5.56 Å². The highest BCUT2D eigenvalue weighted by Crippen LogP contribution is 2.16. The van der Waals surface area contributed by atoms with E-state index in [1.54, 1.807) is 56.4 Å². The van der Waals surface area contributed by atoms with E-state index in [2.05, 4.69) is 15.6 Å². The molecule has 0 bridgehead atoms. The number of anilines is 1. The zero-order valence-electron chi connectivity index (χ0n) is 14.7. The van der Waals surface area contributed by atoms with Gasteiger partial charge in [-0.1, -0.05) is 6.07 Å². The second-order valence-electron chi connectivity index (χ2n) is 6.51. The van der Waals surface area contributed by atoms with Gasteiger partial charge in [-0.3, -0.25) is 19.4 Å². The first kappa shape index (κ1) is 19.1. The van der Waals surface area contributed by atoms with Crippen LogP contribution in [0.25, 0.3) is 0 Å². The number of aromatic nitrogens is 1. The Morgan fingerprint density at radius 1 is 1.08 bits per heavy atom. The van der Waals surface area contributed by atoms with Gasteiger partial charge in [0.2, 0.25) is 0 Å². The van der Waals surface area contributed by atoms with E-state index in [4.69, 9.17) is 5.11 Å². The van der Waals surface area contributed by atoms with Crippen LogP contribution in [0, 0.1) is 0 Å². The van der Waals surface area contributed by atoms with E-state index in [0.29, 0.717) is 23.2 Å². The number of nitrogens with one attached hydrogen (secondary N) is 2. The van der Waals surface area contributed by atoms with E-state index in [-0.39, 0.29) is 18.2 Å². The van der Waals surface area contributed by atoms with Crippen LogP contribution >= 0.6 is 0 Å². The van der Waals surface area contributed by atoms with Crippen LogP contribution in [0.15, 0.2) is 48.8 Å². The van der Waals surface area contributed by atoms with Gasteiger partial charge in [-0.2, -0.15) is 0 Å². The van der Waals surface area contributed by atoms with Gasteiger partial charge in [0.1, 0.15) is 0 Å². The molecule has 0 atom stereocenters. The second kappa shape index (κ2) is 8.24. The first-order chi connectivity index (χ1) is 12.3. The summed E-state index contributed by atoms with van der Waals surface area (Å²) in [6.07, 6.45) is 3.31. The topological polar surface area (TPSA) is 108 Å². The van der Waals surface area contributed by atoms with Crippen molar-refractivity contribution in [3.05, 3.63) is 59.9 Å². The molecule has 0 radical (unpaired) electrons. The summed E-state index contributed by atoms with van der Waals surface area (Å²) in [6.45, 7) is 3.53. The van der Waals surface area contributed by atoms with Crippen LogP contribution in [0.1, 0.15) is 47.4 Å². The molecule has 0 unspecified atom stereocenters. The van der Waals surface area contributed by atoms with Crippen LogP contribution in [0.2, 0.25) is 0 Å². The number of pyridine rings is 1. The number of amides is 2. The Morgan fingerprint density at radius 3 is 2.46 bits per heavy atom. The molecule has 0 aliphatic heterocycles. The molecule has 0 spiro atoms. The highest BCUT2D eigenvalue weighted by atomic mass is 16.4. The van der Waals surface area contributed by atoms with Crippen LogP contribution < -0.4 is 10.6 Å². The van der Waals surface area contributed by atoms with E-state index < -0.39 is 11.5 Å². The van der Waals surface area contributed by atoms with Gasteiger partial charge in [-0.05, 0) is 50.6 Å². The number of carbonyl (C=O) groups is 3. The molecular formula is C19H21N3O4. The molecule has 1 aromatic carbocycles. The fourth-order valence-corrected chi connectivity index (χ4v) is 2.30. The minimum Gasteiger partial charge on any atom is -0.481 e. The fourth-order valence-electron chi connectivity index (χ4n) is 2.30. The number of nitrogens with zero attached hydrogens (tertiary/aromatic N) is 1. The zero-order valence-corrected chi connectivity index (χ0v) is 14.7. The van der Waals surface area contributed by atoms with Crippen molar-refractivity contribution >= 4 is 23.5 Å². The lowest BCUT2D eigenvalue weighted by molar-refractivity contribution is -0.137. The van der Waals surface area contributed by atoms with Crippen molar-refractivity contribution in [2.24, 2.45) is 0 Å². The first-order valence-electron chi connectivity index (χ1n) is 8.12. The van der Waals surface area contributed by atoms with Crippen LogP contribution in [0.4, 0.5) is 5.69 Å². The van der Waals surface area contributed by atoms with Crippen LogP contribution in [-0.2, 0) is 4.79 Å². The van der Waals surface area contributed by atoms with Gasteiger partial charge in [-0.15, -0.1) is 0 Å². The molecule has 0 saturated heterocycles. The maximum Gasteiger partial charge on any atom is 0.303 e. The van der Waals surface area contributed by atoms with Crippen molar-refractivity contribution in [1.29, 1.82) is 0 Å². The van der Waals surface area contributed by atoms with Gasteiger partial charge in [0.25, 0.3) is 11.8 Å². The van der Waals surface area contributed by atoms with Crippen molar-refractivity contribution in [3.8, 4) is 0 Å². The quantitative estimate of drug-likeness (QED) is 0.708. The van der Waals surface area contributed by atoms with Crippen LogP contribution in [0.3, 0.4) is 0 Å². The summed E-state index contributed by atoms with van der Waals surface area (Å²) in [6, 6.07) is 9.85. The maximum atomic E-state index is 12.4. The van der Waals surface area contributed by atoms with Crippen molar-refractivity contribution in [1.82, 2.24) is 10.3 Å². The van der Waals surface area contributed by atoms with Gasteiger partial charge < -0.3 is 15.7 Å². The lowest BCUT2D eigenvalue weighted by Crippen LogP contribution is -2.43. The Hall–Kier alpha value is -3.22. The summed E-state index contributed by atoms with van der Waals surface area (Å²) in [5.74, 6) is -1.57. The maximum absolute atomic E-state index is 12.4. The van der Waals surface area contributed by atoms with Crippen LogP contribution in [-0.4, -0.2) is 33.4 Å². The summed E-state index contributed by atoms with van der Waals surface area (Å²) >= 11 is 0. The summed E-state index contributed by atoms with van der Waals surface area (Å²) in [5, 5.41) is 14.3. The number of rotatable bonds is 7. The molecule has 1 heterocycles. The number of hydrogen-bond donors (Lipinski definition) is 3. The number of aliphatic carboxylic acids is 1. The van der Waals surface area contributed by atoms with Gasteiger partial charge >= 0.3 is 5.97 Å². The van der Waals surface area contributed by atoms with Gasteiger partial charge in [-0.25, -0.2) is 0 Å². The third-order valence-electron chi connectivity index (χ3n) is 3.72. The lowest BCUT2D eigenvalue weighted by Gasteiger charge is -2.25. The standard InChI is InChI=1S/C19H21N3O4/c1-19(2,9-8-16(23)24)22-18(26)13-5-3-7-15(11-13)21-17(25)14-6-4-10-20-12-14/h3-7,10-12H,8-9H2,1-2H3,(H,21,25)(H,22,26)(H,23,24). The SMILES string of the molecule is CC(C)(CCC(=O)O)NC(=O)c1cccc(NC(=O)c2cccnc2)c1. The Kier molecular flexibility index (Phi) is 6.06. The zero-order chi connectivity index (χ0) is 19.2. The number of carboxylic acid groups (broad SMARTS) is 1. The molecule has 2 amide bonds. The number of carbonyl (C=O) groups excluding carboxylic acids is 2. The molecule has 26 heavy (non-hydrogen) atoms. The monoisotopic (exact) mass is 355 g/mol. The minimum absolute atomic E-state index is 0.0332. The number of carboxylic acids is 1. The Labute approximate surface area is 151 Å². The molecule has 136 valence electrons. The van der Waals surface area contributed by atoms with E-state index in [9.17, 15) is 14.4 Å². The third-order valence-corrected chi connectivity index (χ3v) is 3.72.